The lowest BCUT2D eigenvalue weighted by atomic mass is 9.94. The fourth-order valence-electron chi connectivity index (χ4n) is 3.98. The summed E-state index contributed by atoms with van der Waals surface area (Å²) in [4.78, 5) is 2.47. The van der Waals surface area contributed by atoms with Gasteiger partial charge in [0.25, 0.3) is 0 Å². The van der Waals surface area contributed by atoms with Gasteiger partial charge in [0.05, 0.1) is 6.61 Å². The summed E-state index contributed by atoms with van der Waals surface area (Å²) in [7, 11) is 0. The first-order chi connectivity index (χ1) is 9.78. The van der Waals surface area contributed by atoms with Crippen molar-refractivity contribution in [2.24, 2.45) is 0 Å². The van der Waals surface area contributed by atoms with Crippen molar-refractivity contribution >= 4 is 10.9 Å². The van der Waals surface area contributed by atoms with Gasteiger partial charge in [-0.3, -0.25) is 4.90 Å². The van der Waals surface area contributed by atoms with Crippen LogP contribution in [0.5, 0.6) is 0 Å². The monoisotopic (exact) mass is 274 g/mol. The summed E-state index contributed by atoms with van der Waals surface area (Å²) in [5.41, 5.74) is 3.70. The summed E-state index contributed by atoms with van der Waals surface area (Å²) < 4.78 is 15.9. The van der Waals surface area contributed by atoms with Crippen molar-refractivity contribution in [3.05, 3.63) is 35.3 Å². The summed E-state index contributed by atoms with van der Waals surface area (Å²) in [6, 6.07) is 5.04. The minimum absolute atomic E-state index is 0.129. The molecule has 5 rings (SSSR count). The summed E-state index contributed by atoms with van der Waals surface area (Å²) >= 11 is 0. The zero-order chi connectivity index (χ0) is 13.7. The number of piperidine rings is 1. The Labute approximate surface area is 117 Å². The first-order valence-corrected chi connectivity index (χ1v) is 7.41. The fraction of sp³-hybridized carbons (Fsp3) is 0.500. The van der Waals surface area contributed by atoms with Crippen LogP contribution in [0.15, 0.2) is 18.2 Å². The van der Waals surface area contributed by atoms with E-state index >= 15 is 0 Å². The number of benzene rings is 1. The van der Waals surface area contributed by atoms with E-state index in [1.165, 1.54) is 30.2 Å². The molecule has 0 unspecified atom stereocenters. The summed E-state index contributed by atoms with van der Waals surface area (Å²) in [5, 5.41) is 10.4. The molecule has 1 saturated heterocycles. The van der Waals surface area contributed by atoms with Gasteiger partial charge >= 0.3 is 0 Å². The van der Waals surface area contributed by atoms with Crippen LogP contribution in [0.3, 0.4) is 0 Å². The molecule has 0 amide bonds. The van der Waals surface area contributed by atoms with Gasteiger partial charge in [0.15, 0.2) is 0 Å². The lowest BCUT2D eigenvalue weighted by molar-refractivity contribution is 0.218. The molecule has 0 aliphatic carbocycles. The van der Waals surface area contributed by atoms with E-state index in [9.17, 15) is 9.50 Å². The van der Waals surface area contributed by atoms with Gasteiger partial charge in [-0.25, -0.2) is 4.39 Å². The highest BCUT2D eigenvalue weighted by Gasteiger charge is 2.32. The SMILES string of the molecule is OCCn1c2c(c3cc(F)ccc31)CN1CCC2CC1. The lowest BCUT2D eigenvalue weighted by Gasteiger charge is -2.27. The predicted octanol–water partition coefficient (Wildman–Crippen LogP) is 2.47. The normalized spacial score (nSPS) is 24.9. The highest BCUT2D eigenvalue weighted by atomic mass is 19.1. The van der Waals surface area contributed by atoms with Gasteiger partial charge in [-0.1, -0.05) is 0 Å². The molecule has 1 N–H and O–H groups in total. The molecule has 106 valence electrons. The summed E-state index contributed by atoms with van der Waals surface area (Å²) in [5.74, 6) is 0.388. The molecule has 2 aromatic rings. The standard InChI is InChI=1S/C16H19FN2O/c17-12-1-2-15-13(9-12)14-10-18-5-3-11(4-6-18)16(14)19(15)7-8-20/h1-2,9,11,20H,3-8,10H2. The Bertz CT molecular complexity index is 656. The van der Waals surface area contributed by atoms with E-state index in [1.807, 2.05) is 6.07 Å². The second kappa shape index (κ2) is 4.57. The van der Waals surface area contributed by atoms with Gasteiger partial charge in [-0.2, -0.15) is 0 Å². The van der Waals surface area contributed by atoms with Crippen LogP contribution >= 0.6 is 0 Å². The largest absolute Gasteiger partial charge is 0.395 e. The molecule has 3 aliphatic heterocycles. The Hall–Kier alpha value is -1.39. The highest BCUT2D eigenvalue weighted by Crippen LogP contribution is 2.40. The number of rotatable bonds is 2. The first kappa shape index (κ1) is 12.4. The van der Waals surface area contributed by atoms with Gasteiger partial charge in [0, 0.05) is 35.6 Å². The topological polar surface area (TPSA) is 28.4 Å². The van der Waals surface area contributed by atoms with Crippen molar-refractivity contribution in [3.63, 3.8) is 0 Å². The van der Waals surface area contributed by atoms with Crippen molar-refractivity contribution in [1.82, 2.24) is 9.47 Å². The maximum Gasteiger partial charge on any atom is 0.123 e. The number of hydrogen-bond acceptors (Lipinski definition) is 2. The number of aliphatic hydroxyl groups is 1. The molecule has 3 nitrogen and oxygen atoms in total. The van der Waals surface area contributed by atoms with Crippen molar-refractivity contribution in [2.75, 3.05) is 19.7 Å². The zero-order valence-corrected chi connectivity index (χ0v) is 11.5. The van der Waals surface area contributed by atoms with Crippen LogP contribution in [-0.4, -0.2) is 34.3 Å². The third kappa shape index (κ3) is 1.71. The van der Waals surface area contributed by atoms with E-state index in [0.717, 1.165) is 30.5 Å². The predicted molar refractivity (Wildman–Crippen MR) is 76.2 cm³/mol. The van der Waals surface area contributed by atoms with E-state index < -0.39 is 0 Å². The quantitative estimate of drug-likeness (QED) is 0.911. The zero-order valence-electron chi connectivity index (χ0n) is 11.5. The number of fused-ring (bicyclic) bond motifs is 3. The Balaban J connectivity index is 2.01. The van der Waals surface area contributed by atoms with Crippen LogP contribution in [0.25, 0.3) is 10.9 Å². The van der Waals surface area contributed by atoms with E-state index in [4.69, 9.17) is 0 Å². The Morgan fingerprint density at radius 2 is 2.05 bits per heavy atom. The lowest BCUT2D eigenvalue weighted by Crippen LogP contribution is -2.29. The molecule has 1 aromatic carbocycles. The second-order valence-electron chi connectivity index (χ2n) is 5.95. The average Bonchev–Trinajstić information content (AvgIpc) is 2.61. The van der Waals surface area contributed by atoms with Gasteiger partial charge in [0.2, 0.25) is 0 Å². The van der Waals surface area contributed by atoms with Crippen LogP contribution in [0.1, 0.15) is 30.0 Å². The number of aliphatic hydroxyl groups excluding tert-OH is 1. The molecule has 0 spiro atoms. The molecule has 3 aliphatic rings. The Kier molecular flexibility index (Phi) is 2.82. The molecule has 4 heterocycles. The van der Waals surface area contributed by atoms with Gasteiger partial charge < -0.3 is 9.67 Å². The van der Waals surface area contributed by atoms with Gasteiger partial charge in [-0.05, 0) is 49.7 Å². The maximum atomic E-state index is 13.6. The molecule has 0 radical (unpaired) electrons. The molecule has 1 fully saturated rings. The van der Waals surface area contributed by atoms with Gasteiger partial charge in [0.1, 0.15) is 5.82 Å². The molecule has 20 heavy (non-hydrogen) atoms. The molecular formula is C16H19FN2O. The number of aromatic nitrogens is 1. The van der Waals surface area contributed by atoms with Crippen LogP contribution in [0, 0.1) is 5.82 Å². The van der Waals surface area contributed by atoms with Crippen molar-refractivity contribution in [3.8, 4) is 0 Å². The van der Waals surface area contributed by atoms with E-state index in [2.05, 4.69) is 9.47 Å². The fourth-order valence-corrected chi connectivity index (χ4v) is 3.98. The maximum absolute atomic E-state index is 13.6. The van der Waals surface area contributed by atoms with Gasteiger partial charge in [-0.15, -0.1) is 0 Å². The van der Waals surface area contributed by atoms with Crippen molar-refractivity contribution < 1.29 is 9.50 Å². The number of hydrogen-bond donors (Lipinski definition) is 1. The Morgan fingerprint density at radius 1 is 1.25 bits per heavy atom. The average molecular weight is 274 g/mol. The van der Waals surface area contributed by atoms with E-state index in [0.29, 0.717) is 12.5 Å². The summed E-state index contributed by atoms with van der Waals surface area (Å²) in [6.07, 6.45) is 2.36. The third-order valence-corrected chi connectivity index (χ3v) is 4.85. The van der Waals surface area contributed by atoms with Crippen molar-refractivity contribution in [1.29, 1.82) is 0 Å². The van der Waals surface area contributed by atoms with Crippen LogP contribution in [0.2, 0.25) is 0 Å². The number of nitrogens with zero attached hydrogens (tertiary/aromatic N) is 2. The number of halogens is 1. The minimum Gasteiger partial charge on any atom is -0.395 e. The van der Waals surface area contributed by atoms with Crippen molar-refractivity contribution in [2.45, 2.75) is 31.8 Å². The molecular weight excluding hydrogens is 255 g/mol. The third-order valence-electron chi connectivity index (χ3n) is 4.85. The summed E-state index contributed by atoms with van der Waals surface area (Å²) in [6.45, 7) is 3.92. The molecule has 0 atom stereocenters. The smallest absolute Gasteiger partial charge is 0.123 e. The molecule has 4 heteroatoms. The molecule has 2 bridgehead atoms. The second-order valence-corrected chi connectivity index (χ2v) is 5.95. The van der Waals surface area contributed by atoms with E-state index in [-0.39, 0.29) is 12.4 Å². The highest BCUT2D eigenvalue weighted by molar-refractivity contribution is 5.86. The minimum atomic E-state index is -0.173. The van der Waals surface area contributed by atoms with Crippen LogP contribution in [0.4, 0.5) is 4.39 Å². The molecule has 1 aromatic heterocycles. The van der Waals surface area contributed by atoms with E-state index in [1.54, 1.807) is 6.07 Å². The first-order valence-electron chi connectivity index (χ1n) is 7.41. The Morgan fingerprint density at radius 3 is 2.80 bits per heavy atom. The molecule has 0 saturated carbocycles. The van der Waals surface area contributed by atoms with Crippen LogP contribution in [-0.2, 0) is 13.1 Å². The van der Waals surface area contributed by atoms with Crippen LogP contribution < -0.4 is 0 Å².